The minimum atomic E-state index is -1.06. The fraction of sp³-hybridized carbons (Fsp3) is 0.517. The summed E-state index contributed by atoms with van der Waals surface area (Å²) < 4.78 is 22.3. The van der Waals surface area contributed by atoms with E-state index in [2.05, 4.69) is 5.32 Å². The smallest absolute Gasteiger partial charge is 0.410 e. The molecule has 0 spiro atoms. The molecule has 4 rings (SSSR count). The third-order valence-corrected chi connectivity index (χ3v) is 6.77. The van der Waals surface area contributed by atoms with Crippen molar-refractivity contribution in [1.82, 2.24) is 10.2 Å². The van der Waals surface area contributed by atoms with E-state index in [1.165, 1.54) is 4.90 Å². The number of hydrogen-bond donors (Lipinski definition) is 2. The molecule has 9 heteroatoms. The van der Waals surface area contributed by atoms with Crippen LogP contribution in [0, 0.1) is 11.8 Å². The number of aliphatic hydroxyl groups excluding tert-OH is 1. The van der Waals surface area contributed by atoms with Gasteiger partial charge >= 0.3 is 12.2 Å². The monoisotopic (exact) mass is 526 g/mol. The van der Waals surface area contributed by atoms with Crippen LogP contribution in [0.1, 0.15) is 31.4 Å². The van der Waals surface area contributed by atoms with E-state index in [-0.39, 0.29) is 37.9 Å². The van der Waals surface area contributed by atoms with Crippen LogP contribution in [0.15, 0.2) is 60.7 Å². The fourth-order valence-corrected chi connectivity index (χ4v) is 4.85. The first-order valence-electron chi connectivity index (χ1n) is 13.3. The van der Waals surface area contributed by atoms with E-state index in [1.54, 1.807) is 0 Å². The number of alkyl carbamates (subject to hydrolysis) is 1. The third kappa shape index (κ3) is 7.93. The molecule has 9 nitrogen and oxygen atoms in total. The minimum Gasteiger partial charge on any atom is -0.445 e. The maximum atomic E-state index is 13.0. The van der Waals surface area contributed by atoms with Gasteiger partial charge in [-0.25, -0.2) is 9.59 Å². The average Bonchev–Trinajstić information content (AvgIpc) is 3.52. The summed E-state index contributed by atoms with van der Waals surface area (Å²) in [5, 5.41) is 14.1. The van der Waals surface area contributed by atoms with Crippen LogP contribution in [-0.4, -0.2) is 73.0 Å². The SMILES string of the molecule is CC(C)CN(C[C@@H](O)[C@H](Cc1ccccc1)NC(=O)O[C@H]1COC2OCC[C@H]21)C(=O)OCc1ccccc1. The molecule has 2 aromatic rings. The molecule has 2 fully saturated rings. The zero-order chi connectivity index (χ0) is 26.9. The van der Waals surface area contributed by atoms with Gasteiger partial charge in [-0.1, -0.05) is 74.5 Å². The maximum absolute atomic E-state index is 13.0. The van der Waals surface area contributed by atoms with Crippen LogP contribution in [0.25, 0.3) is 0 Å². The lowest BCUT2D eigenvalue weighted by Crippen LogP contribution is -2.52. The normalized spacial score (nSPS) is 21.9. The first-order valence-corrected chi connectivity index (χ1v) is 13.3. The van der Waals surface area contributed by atoms with Crippen molar-refractivity contribution in [2.24, 2.45) is 11.8 Å². The van der Waals surface area contributed by atoms with Gasteiger partial charge in [0.2, 0.25) is 0 Å². The number of rotatable bonds is 11. The van der Waals surface area contributed by atoms with Crippen LogP contribution in [0.3, 0.4) is 0 Å². The number of ether oxygens (including phenoxy) is 4. The molecule has 0 aliphatic carbocycles. The molecule has 0 aromatic heterocycles. The maximum Gasteiger partial charge on any atom is 0.410 e. The van der Waals surface area contributed by atoms with Crippen LogP contribution >= 0.6 is 0 Å². The van der Waals surface area contributed by atoms with Crippen molar-refractivity contribution in [2.75, 3.05) is 26.3 Å². The number of nitrogens with one attached hydrogen (secondary N) is 1. The number of nitrogens with zero attached hydrogens (tertiary/aromatic N) is 1. The van der Waals surface area contributed by atoms with Gasteiger partial charge < -0.3 is 34.3 Å². The Morgan fingerprint density at radius 1 is 1.03 bits per heavy atom. The van der Waals surface area contributed by atoms with Gasteiger partial charge in [-0.3, -0.25) is 0 Å². The topological polar surface area (TPSA) is 107 Å². The van der Waals surface area contributed by atoms with Crippen molar-refractivity contribution >= 4 is 12.2 Å². The van der Waals surface area contributed by atoms with Crippen molar-refractivity contribution < 1.29 is 33.6 Å². The van der Waals surface area contributed by atoms with E-state index in [0.717, 1.165) is 17.5 Å². The lowest BCUT2D eigenvalue weighted by molar-refractivity contribution is -0.0907. The summed E-state index contributed by atoms with van der Waals surface area (Å²) in [4.78, 5) is 27.4. The molecular weight excluding hydrogens is 488 g/mol. The first-order chi connectivity index (χ1) is 18.4. The highest BCUT2D eigenvalue weighted by Crippen LogP contribution is 2.33. The van der Waals surface area contributed by atoms with Crippen LogP contribution in [0.4, 0.5) is 9.59 Å². The summed E-state index contributed by atoms with van der Waals surface area (Å²) in [7, 11) is 0. The van der Waals surface area contributed by atoms with E-state index < -0.39 is 30.4 Å². The lowest BCUT2D eigenvalue weighted by atomic mass is 10.0. The van der Waals surface area contributed by atoms with Crippen molar-refractivity contribution in [3.63, 3.8) is 0 Å². The highest BCUT2D eigenvalue weighted by atomic mass is 16.7. The molecule has 2 aliphatic rings. The standard InChI is InChI=1S/C29H38N2O7/c1-20(2)16-31(29(34)37-18-22-11-7-4-8-12-22)17-25(32)24(15-21-9-5-3-6-10-21)30-28(33)38-26-19-36-27-23(26)13-14-35-27/h3-12,20,23-27,32H,13-19H2,1-2H3,(H,30,33)/t23-,24-,25+,26-,27?/m0/s1. The zero-order valence-corrected chi connectivity index (χ0v) is 22.0. The van der Waals surface area contributed by atoms with E-state index in [0.29, 0.717) is 19.6 Å². The molecule has 0 bridgehead atoms. The summed E-state index contributed by atoms with van der Waals surface area (Å²) in [5.41, 5.74) is 1.82. The molecule has 5 atom stereocenters. The second-order valence-electron chi connectivity index (χ2n) is 10.3. The number of aliphatic hydroxyl groups is 1. The van der Waals surface area contributed by atoms with E-state index in [9.17, 15) is 14.7 Å². The Balaban J connectivity index is 1.40. The molecular formula is C29H38N2O7. The Labute approximate surface area is 224 Å². The molecule has 2 amide bonds. The Bertz CT molecular complexity index is 1020. The molecule has 1 unspecified atom stereocenters. The van der Waals surface area contributed by atoms with Crippen LogP contribution in [-0.2, 0) is 32.0 Å². The van der Waals surface area contributed by atoms with Crippen LogP contribution in [0.2, 0.25) is 0 Å². The predicted molar refractivity (Wildman–Crippen MR) is 140 cm³/mol. The van der Waals surface area contributed by atoms with Gasteiger partial charge in [0.1, 0.15) is 12.7 Å². The second kappa shape index (κ2) is 13.6. The van der Waals surface area contributed by atoms with Gasteiger partial charge in [-0.15, -0.1) is 0 Å². The van der Waals surface area contributed by atoms with Crippen molar-refractivity contribution in [3.05, 3.63) is 71.8 Å². The van der Waals surface area contributed by atoms with Gasteiger partial charge in [0, 0.05) is 6.54 Å². The summed E-state index contributed by atoms with van der Waals surface area (Å²) in [6, 6.07) is 18.3. The van der Waals surface area contributed by atoms with Crippen molar-refractivity contribution in [1.29, 1.82) is 0 Å². The molecule has 0 saturated carbocycles. The molecule has 2 heterocycles. The number of benzene rings is 2. The molecule has 206 valence electrons. The van der Waals surface area contributed by atoms with E-state index in [1.807, 2.05) is 74.5 Å². The second-order valence-corrected chi connectivity index (χ2v) is 10.3. The summed E-state index contributed by atoms with van der Waals surface area (Å²) in [5.74, 6) is 0.167. The number of fused-ring (bicyclic) bond motifs is 1. The Kier molecular flexibility index (Phi) is 9.98. The molecule has 2 saturated heterocycles. The number of carbonyl (C=O) groups is 2. The third-order valence-electron chi connectivity index (χ3n) is 6.77. The molecule has 38 heavy (non-hydrogen) atoms. The molecule has 2 aliphatic heterocycles. The average molecular weight is 527 g/mol. The zero-order valence-electron chi connectivity index (χ0n) is 22.0. The Morgan fingerprint density at radius 2 is 1.71 bits per heavy atom. The van der Waals surface area contributed by atoms with Crippen LogP contribution in [0.5, 0.6) is 0 Å². The van der Waals surface area contributed by atoms with E-state index >= 15 is 0 Å². The first kappa shape index (κ1) is 27.9. The molecule has 0 radical (unpaired) electrons. The molecule has 2 aromatic carbocycles. The Morgan fingerprint density at radius 3 is 2.39 bits per heavy atom. The quantitative estimate of drug-likeness (QED) is 0.459. The van der Waals surface area contributed by atoms with Gasteiger partial charge in [-0.2, -0.15) is 0 Å². The van der Waals surface area contributed by atoms with Gasteiger partial charge in [0.15, 0.2) is 6.29 Å². The number of amides is 2. The highest BCUT2D eigenvalue weighted by Gasteiger charge is 2.44. The van der Waals surface area contributed by atoms with Gasteiger partial charge in [-0.05, 0) is 29.9 Å². The summed E-state index contributed by atoms with van der Waals surface area (Å²) >= 11 is 0. The van der Waals surface area contributed by atoms with Crippen molar-refractivity contribution in [3.8, 4) is 0 Å². The number of carbonyl (C=O) groups excluding carboxylic acids is 2. The lowest BCUT2D eigenvalue weighted by Gasteiger charge is -2.31. The fourth-order valence-electron chi connectivity index (χ4n) is 4.85. The largest absolute Gasteiger partial charge is 0.445 e. The van der Waals surface area contributed by atoms with Crippen molar-refractivity contribution in [2.45, 2.75) is 57.8 Å². The minimum absolute atomic E-state index is 0.00530. The highest BCUT2D eigenvalue weighted by molar-refractivity contribution is 5.69. The number of hydrogen-bond acceptors (Lipinski definition) is 7. The predicted octanol–water partition coefficient (Wildman–Crippen LogP) is 3.74. The molecule has 2 N–H and O–H groups in total. The summed E-state index contributed by atoms with van der Waals surface area (Å²) in [6.45, 7) is 5.37. The Hall–Kier alpha value is -3.14. The summed E-state index contributed by atoms with van der Waals surface area (Å²) in [6.07, 6.45) is -1.80. The van der Waals surface area contributed by atoms with Gasteiger partial charge in [0.25, 0.3) is 0 Å². The van der Waals surface area contributed by atoms with Crippen LogP contribution < -0.4 is 5.32 Å². The van der Waals surface area contributed by atoms with E-state index in [4.69, 9.17) is 18.9 Å². The van der Waals surface area contributed by atoms with Gasteiger partial charge in [0.05, 0.1) is 37.8 Å².